The van der Waals surface area contributed by atoms with Gasteiger partial charge in [0.05, 0.1) is 5.69 Å². The molecule has 0 aliphatic heterocycles. The lowest BCUT2D eigenvalue weighted by Crippen LogP contribution is -2.17. The number of benzene rings is 4. The summed E-state index contributed by atoms with van der Waals surface area (Å²) in [5.41, 5.74) is 5.49. The Morgan fingerprint density at radius 3 is 1.69 bits per heavy atom. The van der Waals surface area contributed by atoms with Gasteiger partial charge in [-0.3, -0.25) is 9.59 Å². The zero-order chi connectivity index (χ0) is 25.5. The molecule has 0 aliphatic rings. The van der Waals surface area contributed by atoms with Crippen LogP contribution in [0.5, 0.6) is 5.75 Å². The predicted molar refractivity (Wildman–Crippen MR) is 145 cm³/mol. The van der Waals surface area contributed by atoms with Crippen LogP contribution in [0.3, 0.4) is 0 Å². The average Bonchev–Trinajstić information content (AvgIpc) is 2.89. The van der Waals surface area contributed by atoms with Gasteiger partial charge in [0.2, 0.25) is 0 Å². The molecule has 0 aliphatic carbocycles. The number of rotatable bonds is 8. The van der Waals surface area contributed by atoms with Crippen LogP contribution in [0.2, 0.25) is 0 Å². The number of para-hydroxylation sites is 3. The number of hydrogen-bond acceptors (Lipinski definition) is 3. The van der Waals surface area contributed by atoms with Gasteiger partial charge in [0.25, 0.3) is 11.8 Å². The van der Waals surface area contributed by atoms with Crippen molar-refractivity contribution in [1.29, 1.82) is 0 Å². The molecule has 182 valence electrons. The molecular weight excluding hydrogens is 448 g/mol. The third-order valence-electron chi connectivity index (χ3n) is 5.96. The number of aryl methyl sites for hydroxylation is 2. The van der Waals surface area contributed by atoms with Crippen LogP contribution in [0.25, 0.3) is 0 Å². The molecule has 1 atom stereocenters. The highest BCUT2D eigenvalue weighted by atomic mass is 16.5. The molecule has 1 unspecified atom stereocenters. The highest BCUT2D eigenvalue weighted by Crippen LogP contribution is 2.34. The number of carbonyl (C=O) groups is 2. The van der Waals surface area contributed by atoms with Gasteiger partial charge in [-0.25, -0.2) is 0 Å². The largest absolute Gasteiger partial charge is 0.483 e. The molecule has 4 rings (SSSR count). The molecule has 0 saturated heterocycles. The van der Waals surface area contributed by atoms with Crippen LogP contribution in [0, 0.1) is 13.8 Å². The van der Waals surface area contributed by atoms with Crippen molar-refractivity contribution in [3.8, 4) is 5.75 Å². The van der Waals surface area contributed by atoms with E-state index in [0.717, 1.165) is 16.7 Å². The number of nitrogens with one attached hydrogen (secondary N) is 2. The highest BCUT2D eigenvalue weighted by molar-refractivity contribution is 6.05. The third kappa shape index (κ3) is 5.99. The molecule has 2 amide bonds. The van der Waals surface area contributed by atoms with Gasteiger partial charge in [-0.1, -0.05) is 72.6 Å². The van der Waals surface area contributed by atoms with Gasteiger partial charge < -0.3 is 15.4 Å². The van der Waals surface area contributed by atoms with Gasteiger partial charge in [-0.05, 0) is 62.7 Å². The molecular formula is C31H30N2O3. The summed E-state index contributed by atoms with van der Waals surface area (Å²) in [7, 11) is 0. The zero-order valence-electron chi connectivity index (χ0n) is 20.7. The summed E-state index contributed by atoms with van der Waals surface area (Å²) in [5, 5.41) is 6.00. The first-order chi connectivity index (χ1) is 17.4. The monoisotopic (exact) mass is 478 g/mol. The lowest BCUT2D eigenvalue weighted by atomic mass is 10.0. The van der Waals surface area contributed by atoms with Gasteiger partial charge in [-0.15, -0.1) is 0 Å². The van der Waals surface area contributed by atoms with Gasteiger partial charge in [0, 0.05) is 22.4 Å². The number of amides is 2. The summed E-state index contributed by atoms with van der Waals surface area (Å²) < 4.78 is 6.41. The Labute approximate surface area is 212 Å². The number of hydrogen-bond donors (Lipinski definition) is 2. The summed E-state index contributed by atoms with van der Waals surface area (Å²) >= 11 is 0. The van der Waals surface area contributed by atoms with E-state index in [1.165, 1.54) is 0 Å². The first kappa shape index (κ1) is 24.7. The second-order valence-electron chi connectivity index (χ2n) is 8.74. The molecule has 0 spiro atoms. The number of carbonyl (C=O) groups excluding carboxylic acids is 2. The second-order valence-corrected chi connectivity index (χ2v) is 8.74. The second kappa shape index (κ2) is 11.4. The Morgan fingerprint density at radius 2 is 1.14 bits per heavy atom. The van der Waals surface area contributed by atoms with Crippen LogP contribution < -0.4 is 15.4 Å². The van der Waals surface area contributed by atoms with Crippen LogP contribution in [0.1, 0.15) is 56.9 Å². The number of ether oxygens (including phenoxy) is 1. The molecule has 4 aromatic rings. The average molecular weight is 479 g/mol. The van der Waals surface area contributed by atoms with E-state index in [2.05, 4.69) is 10.6 Å². The lowest BCUT2D eigenvalue weighted by molar-refractivity contribution is 0.101. The van der Waals surface area contributed by atoms with Crippen LogP contribution in [0.15, 0.2) is 97.1 Å². The Morgan fingerprint density at radius 1 is 0.667 bits per heavy atom. The van der Waals surface area contributed by atoms with Gasteiger partial charge in [-0.2, -0.15) is 0 Å². The molecule has 0 aromatic heterocycles. The normalized spacial score (nSPS) is 11.4. The summed E-state index contributed by atoms with van der Waals surface area (Å²) in [5.74, 6) is 0.178. The van der Waals surface area contributed by atoms with Gasteiger partial charge in [0.15, 0.2) is 0 Å². The topological polar surface area (TPSA) is 67.4 Å². The molecule has 0 fully saturated rings. The molecule has 0 radical (unpaired) electrons. The van der Waals surface area contributed by atoms with Crippen LogP contribution in [-0.4, -0.2) is 11.8 Å². The third-order valence-corrected chi connectivity index (χ3v) is 5.96. The molecule has 5 nitrogen and oxygen atoms in total. The summed E-state index contributed by atoms with van der Waals surface area (Å²) in [6.45, 7) is 5.99. The molecule has 0 saturated carbocycles. The maximum atomic E-state index is 12.9. The van der Waals surface area contributed by atoms with Crippen molar-refractivity contribution in [3.63, 3.8) is 0 Å². The fourth-order valence-electron chi connectivity index (χ4n) is 3.88. The van der Waals surface area contributed by atoms with Crippen molar-refractivity contribution in [1.82, 2.24) is 0 Å². The minimum Gasteiger partial charge on any atom is -0.483 e. The SMILES string of the molecule is CCC(Oc1ccccc1NC(=O)c1ccc(C)cc1)c1ccccc1NC(=O)c1ccc(C)cc1. The van der Waals surface area contributed by atoms with Gasteiger partial charge >= 0.3 is 0 Å². The first-order valence-corrected chi connectivity index (χ1v) is 12.0. The predicted octanol–water partition coefficient (Wildman–Crippen LogP) is 7.34. The van der Waals surface area contributed by atoms with E-state index in [-0.39, 0.29) is 17.9 Å². The smallest absolute Gasteiger partial charge is 0.255 e. The van der Waals surface area contributed by atoms with Crippen molar-refractivity contribution >= 4 is 23.2 Å². The van der Waals surface area contributed by atoms with E-state index in [0.29, 0.717) is 34.7 Å². The van der Waals surface area contributed by atoms with Gasteiger partial charge in [0.1, 0.15) is 11.9 Å². The fraction of sp³-hybridized carbons (Fsp3) is 0.161. The fourth-order valence-corrected chi connectivity index (χ4v) is 3.88. The quantitative estimate of drug-likeness (QED) is 0.278. The highest BCUT2D eigenvalue weighted by Gasteiger charge is 2.19. The van der Waals surface area contributed by atoms with Crippen molar-refractivity contribution in [2.75, 3.05) is 10.6 Å². The summed E-state index contributed by atoms with van der Waals surface area (Å²) in [6.07, 6.45) is 0.328. The van der Waals surface area contributed by atoms with Crippen molar-refractivity contribution < 1.29 is 14.3 Å². The van der Waals surface area contributed by atoms with Crippen LogP contribution in [-0.2, 0) is 0 Å². The summed E-state index contributed by atoms with van der Waals surface area (Å²) in [4.78, 5) is 25.7. The van der Waals surface area contributed by atoms with E-state index in [1.807, 2.05) is 106 Å². The van der Waals surface area contributed by atoms with Crippen molar-refractivity contribution in [3.05, 3.63) is 125 Å². The molecule has 4 aromatic carbocycles. The number of anilines is 2. The maximum Gasteiger partial charge on any atom is 0.255 e. The molecule has 5 heteroatoms. The minimum absolute atomic E-state index is 0.178. The minimum atomic E-state index is -0.336. The molecule has 2 N–H and O–H groups in total. The van der Waals surface area contributed by atoms with E-state index >= 15 is 0 Å². The molecule has 36 heavy (non-hydrogen) atoms. The van der Waals surface area contributed by atoms with E-state index in [1.54, 1.807) is 12.1 Å². The van der Waals surface area contributed by atoms with Crippen LogP contribution in [0.4, 0.5) is 11.4 Å². The van der Waals surface area contributed by atoms with Crippen molar-refractivity contribution in [2.24, 2.45) is 0 Å². The van der Waals surface area contributed by atoms with E-state index < -0.39 is 0 Å². The Bertz CT molecular complexity index is 1350. The molecule has 0 bridgehead atoms. The zero-order valence-corrected chi connectivity index (χ0v) is 20.7. The Balaban J connectivity index is 1.55. The van der Waals surface area contributed by atoms with E-state index in [4.69, 9.17) is 4.74 Å². The van der Waals surface area contributed by atoms with Crippen LogP contribution >= 0.6 is 0 Å². The Kier molecular flexibility index (Phi) is 7.81. The summed E-state index contributed by atoms with van der Waals surface area (Å²) in [6, 6.07) is 29.9. The lowest BCUT2D eigenvalue weighted by Gasteiger charge is -2.23. The van der Waals surface area contributed by atoms with Crippen molar-refractivity contribution in [2.45, 2.75) is 33.3 Å². The maximum absolute atomic E-state index is 12.9. The van der Waals surface area contributed by atoms with E-state index in [9.17, 15) is 9.59 Å². The first-order valence-electron chi connectivity index (χ1n) is 12.0. The Hall–Kier alpha value is -4.38. The molecule has 0 heterocycles. The standard InChI is InChI=1S/C31H30N2O3/c1-4-28(25-9-5-6-10-26(25)32-30(34)23-17-13-21(2)14-18-23)36-29-12-8-7-11-27(29)33-31(35)24-19-15-22(3)16-20-24/h5-20,28H,4H2,1-3H3,(H,32,34)(H,33,35).